The van der Waals surface area contributed by atoms with Crippen LogP contribution < -0.4 is 5.01 Å². The number of rotatable bonds is 3. The third-order valence-corrected chi connectivity index (χ3v) is 4.62. The fraction of sp³-hybridized carbons (Fsp3) is 0.800. The quantitative estimate of drug-likeness (QED) is 0.815. The molecule has 2 aliphatic rings. The first kappa shape index (κ1) is 12.1. The fourth-order valence-electron chi connectivity index (χ4n) is 3.72. The SMILES string of the molecule is c1cnn(N(C2CCCCC2)C2CCCCC2)c1. The number of aromatic nitrogens is 2. The fourth-order valence-corrected chi connectivity index (χ4v) is 3.72. The van der Waals surface area contributed by atoms with E-state index in [9.17, 15) is 0 Å². The molecule has 0 N–H and O–H groups in total. The Hall–Kier alpha value is -0.990. The van der Waals surface area contributed by atoms with Crippen LogP contribution in [0, 0.1) is 0 Å². The zero-order valence-corrected chi connectivity index (χ0v) is 11.3. The summed E-state index contributed by atoms with van der Waals surface area (Å²) in [7, 11) is 0. The van der Waals surface area contributed by atoms with Crippen LogP contribution in [0.5, 0.6) is 0 Å². The molecule has 2 saturated carbocycles. The number of hydrogen-bond donors (Lipinski definition) is 0. The second kappa shape index (κ2) is 5.77. The van der Waals surface area contributed by atoms with Crippen LogP contribution in [-0.4, -0.2) is 22.0 Å². The van der Waals surface area contributed by atoms with E-state index in [-0.39, 0.29) is 0 Å². The minimum atomic E-state index is 0.724. The standard InChI is InChI=1S/C15H25N3/c1-3-8-14(9-4-1)18(17-13-7-12-16-17)15-10-5-2-6-11-15/h7,12-15H,1-6,8-11H2. The van der Waals surface area contributed by atoms with Gasteiger partial charge in [-0.2, -0.15) is 9.89 Å². The topological polar surface area (TPSA) is 21.1 Å². The van der Waals surface area contributed by atoms with Gasteiger partial charge < -0.3 is 0 Å². The molecule has 3 nitrogen and oxygen atoms in total. The molecule has 0 radical (unpaired) electrons. The monoisotopic (exact) mass is 247 g/mol. The summed E-state index contributed by atoms with van der Waals surface area (Å²) in [5.41, 5.74) is 0. The van der Waals surface area contributed by atoms with Gasteiger partial charge in [-0.3, -0.25) is 5.01 Å². The smallest absolute Gasteiger partial charge is 0.0510 e. The molecule has 2 fully saturated rings. The van der Waals surface area contributed by atoms with Crippen molar-refractivity contribution in [2.24, 2.45) is 0 Å². The van der Waals surface area contributed by atoms with Gasteiger partial charge >= 0.3 is 0 Å². The normalized spacial score (nSPS) is 23.1. The van der Waals surface area contributed by atoms with E-state index in [1.54, 1.807) is 0 Å². The van der Waals surface area contributed by atoms with Crippen LogP contribution in [0.2, 0.25) is 0 Å². The predicted molar refractivity (Wildman–Crippen MR) is 74.2 cm³/mol. The molecule has 0 amide bonds. The highest BCUT2D eigenvalue weighted by Gasteiger charge is 2.29. The molecule has 1 aromatic heterocycles. The summed E-state index contributed by atoms with van der Waals surface area (Å²) in [5, 5.41) is 7.12. The van der Waals surface area contributed by atoms with E-state index < -0.39 is 0 Å². The first-order valence-corrected chi connectivity index (χ1v) is 7.73. The minimum absolute atomic E-state index is 0.724. The maximum Gasteiger partial charge on any atom is 0.0510 e. The molecule has 0 aromatic carbocycles. The molecule has 2 aliphatic carbocycles. The van der Waals surface area contributed by atoms with Gasteiger partial charge in [0, 0.05) is 18.3 Å². The summed E-state index contributed by atoms with van der Waals surface area (Å²) in [6.45, 7) is 0. The first-order chi connectivity index (χ1) is 8.95. The van der Waals surface area contributed by atoms with Gasteiger partial charge in [0.25, 0.3) is 0 Å². The Morgan fingerprint density at radius 1 is 0.833 bits per heavy atom. The third-order valence-electron chi connectivity index (χ3n) is 4.62. The molecule has 3 heteroatoms. The van der Waals surface area contributed by atoms with Crippen molar-refractivity contribution in [3.63, 3.8) is 0 Å². The molecule has 1 heterocycles. The predicted octanol–water partition coefficient (Wildman–Crippen LogP) is 3.49. The highest BCUT2D eigenvalue weighted by Crippen LogP contribution is 2.28. The zero-order chi connectivity index (χ0) is 12.2. The van der Waals surface area contributed by atoms with Crippen molar-refractivity contribution < 1.29 is 0 Å². The summed E-state index contributed by atoms with van der Waals surface area (Å²) in [5.74, 6) is 0. The summed E-state index contributed by atoms with van der Waals surface area (Å²) in [6, 6.07) is 3.50. The molecule has 0 spiro atoms. The molecule has 18 heavy (non-hydrogen) atoms. The summed E-state index contributed by atoms with van der Waals surface area (Å²) in [4.78, 5) is 2.13. The molecule has 100 valence electrons. The summed E-state index contributed by atoms with van der Waals surface area (Å²) < 4.78 is 0. The van der Waals surface area contributed by atoms with Gasteiger partial charge in [0.2, 0.25) is 0 Å². The van der Waals surface area contributed by atoms with Crippen molar-refractivity contribution in [2.45, 2.75) is 76.3 Å². The minimum Gasteiger partial charge on any atom is -0.291 e. The Bertz CT molecular complexity index is 317. The van der Waals surface area contributed by atoms with E-state index in [1.807, 2.05) is 6.20 Å². The van der Waals surface area contributed by atoms with Gasteiger partial charge in [0.15, 0.2) is 0 Å². The van der Waals surface area contributed by atoms with Crippen molar-refractivity contribution in [2.75, 3.05) is 5.01 Å². The lowest BCUT2D eigenvalue weighted by atomic mass is 9.90. The average Bonchev–Trinajstić information content (AvgIpc) is 2.95. The summed E-state index contributed by atoms with van der Waals surface area (Å²) in [6.07, 6.45) is 17.9. The van der Waals surface area contributed by atoms with Crippen molar-refractivity contribution in [3.05, 3.63) is 18.5 Å². The highest BCUT2D eigenvalue weighted by atomic mass is 15.7. The van der Waals surface area contributed by atoms with E-state index in [2.05, 4.69) is 27.2 Å². The molecule has 0 atom stereocenters. The molecular weight excluding hydrogens is 222 g/mol. The lowest BCUT2D eigenvalue weighted by Gasteiger charge is -2.42. The van der Waals surface area contributed by atoms with Crippen molar-refractivity contribution >= 4 is 0 Å². The second-order valence-electron chi connectivity index (χ2n) is 5.89. The van der Waals surface area contributed by atoms with Crippen LogP contribution in [-0.2, 0) is 0 Å². The molecule has 0 unspecified atom stereocenters. The van der Waals surface area contributed by atoms with Crippen LogP contribution in [0.15, 0.2) is 18.5 Å². The van der Waals surface area contributed by atoms with Crippen LogP contribution >= 0.6 is 0 Å². The Labute approximate surface area is 110 Å². The second-order valence-corrected chi connectivity index (χ2v) is 5.89. The van der Waals surface area contributed by atoms with Crippen molar-refractivity contribution in [1.82, 2.24) is 9.89 Å². The molecule has 0 aliphatic heterocycles. The van der Waals surface area contributed by atoms with Gasteiger partial charge in [-0.15, -0.1) is 0 Å². The van der Waals surface area contributed by atoms with Gasteiger partial charge in [0.05, 0.1) is 6.20 Å². The van der Waals surface area contributed by atoms with Gasteiger partial charge in [-0.05, 0) is 31.7 Å². The van der Waals surface area contributed by atoms with E-state index >= 15 is 0 Å². The Balaban J connectivity index is 1.78. The van der Waals surface area contributed by atoms with E-state index in [4.69, 9.17) is 0 Å². The zero-order valence-electron chi connectivity index (χ0n) is 11.3. The molecule has 0 bridgehead atoms. The molecule has 3 rings (SSSR count). The van der Waals surface area contributed by atoms with Crippen LogP contribution in [0.25, 0.3) is 0 Å². The largest absolute Gasteiger partial charge is 0.291 e. The van der Waals surface area contributed by atoms with Gasteiger partial charge in [0.1, 0.15) is 0 Å². The maximum atomic E-state index is 4.51. The molecular formula is C15H25N3. The number of hydrogen-bond acceptors (Lipinski definition) is 2. The Morgan fingerprint density at radius 3 is 1.83 bits per heavy atom. The van der Waals surface area contributed by atoms with Gasteiger partial charge in [-0.25, -0.2) is 0 Å². The van der Waals surface area contributed by atoms with Gasteiger partial charge in [-0.1, -0.05) is 38.5 Å². The van der Waals surface area contributed by atoms with Crippen LogP contribution in [0.3, 0.4) is 0 Å². The van der Waals surface area contributed by atoms with Crippen LogP contribution in [0.1, 0.15) is 64.2 Å². The average molecular weight is 247 g/mol. The summed E-state index contributed by atoms with van der Waals surface area (Å²) >= 11 is 0. The number of nitrogens with zero attached hydrogens (tertiary/aromatic N) is 3. The van der Waals surface area contributed by atoms with Crippen molar-refractivity contribution in [1.29, 1.82) is 0 Å². The highest BCUT2D eigenvalue weighted by molar-refractivity contribution is 5.02. The van der Waals surface area contributed by atoms with E-state index in [0.29, 0.717) is 0 Å². The lowest BCUT2D eigenvalue weighted by molar-refractivity contribution is 0.271. The third kappa shape index (κ3) is 2.55. The van der Waals surface area contributed by atoms with E-state index in [1.165, 1.54) is 64.2 Å². The Morgan fingerprint density at radius 2 is 1.39 bits per heavy atom. The van der Waals surface area contributed by atoms with E-state index in [0.717, 1.165) is 12.1 Å². The van der Waals surface area contributed by atoms with Crippen LogP contribution in [0.4, 0.5) is 0 Å². The molecule has 0 saturated heterocycles. The van der Waals surface area contributed by atoms with Crippen molar-refractivity contribution in [3.8, 4) is 0 Å². The molecule has 1 aromatic rings. The first-order valence-electron chi connectivity index (χ1n) is 7.73. The lowest BCUT2D eigenvalue weighted by Crippen LogP contribution is -2.52. The Kier molecular flexibility index (Phi) is 3.87. The maximum absolute atomic E-state index is 4.51.